The number of ketones is 1. The van der Waals surface area contributed by atoms with Gasteiger partial charge in [-0.25, -0.2) is 4.39 Å². The maximum absolute atomic E-state index is 12.7. The van der Waals surface area contributed by atoms with Gasteiger partial charge in [0, 0.05) is 23.5 Å². The maximum Gasteiger partial charge on any atom is 0.417 e. The van der Waals surface area contributed by atoms with Crippen LogP contribution >= 0.6 is 11.6 Å². The highest BCUT2D eigenvalue weighted by Gasteiger charge is 2.33. The number of alkyl halides is 3. The summed E-state index contributed by atoms with van der Waals surface area (Å²) in [6.45, 7) is 0. The Kier molecular flexibility index (Phi) is 5.05. The lowest BCUT2D eigenvalue weighted by molar-refractivity contribution is -0.137. The van der Waals surface area contributed by atoms with Crippen LogP contribution in [0, 0.1) is 5.82 Å². The van der Waals surface area contributed by atoms with E-state index in [0.717, 1.165) is 30.3 Å². The van der Waals surface area contributed by atoms with Crippen molar-refractivity contribution >= 4 is 23.1 Å². The van der Waals surface area contributed by atoms with E-state index in [0.29, 0.717) is 0 Å². The van der Waals surface area contributed by atoms with Crippen LogP contribution in [0.4, 0.5) is 23.2 Å². The normalized spacial score (nSPS) is 11.7. The quantitative estimate of drug-likeness (QED) is 0.463. The van der Waals surface area contributed by atoms with E-state index in [1.807, 2.05) is 0 Å². The van der Waals surface area contributed by atoms with Crippen molar-refractivity contribution < 1.29 is 22.4 Å². The van der Waals surface area contributed by atoms with Crippen LogP contribution in [0.25, 0.3) is 0 Å². The smallest absolute Gasteiger partial charge is 0.362 e. The summed E-state index contributed by atoms with van der Waals surface area (Å²) in [6.07, 6.45) is -2.23. The summed E-state index contributed by atoms with van der Waals surface area (Å²) in [4.78, 5) is 11.8. The average Bonchev–Trinajstić information content (AvgIpc) is 2.48. The minimum absolute atomic E-state index is 0.130. The first-order valence-electron chi connectivity index (χ1n) is 6.37. The SMILES string of the molecule is O=C(/C=C/Nc1ccc(Cl)c(C(F)(F)F)c1)c1ccc(F)cc1. The number of anilines is 1. The second kappa shape index (κ2) is 6.83. The number of allylic oxidation sites excluding steroid dienone is 1. The first kappa shape index (κ1) is 17.0. The van der Waals surface area contributed by atoms with E-state index in [9.17, 15) is 22.4 Å². The van der Waals surface area contributed by atoms with Crippen molar-refractivity contribution in [1.29, 1.82) is 0 Å². The minimum Gasteiger partial charge on any atom is -0.362 e. The second-order valence-electron chi connectivity index (χ2n) is 4.54. The van der Waals surface area contributed by atoms with Gasteiger partial charge >= 0.3 is 6.18 Å². The Bertz CT molecular complexity index is 739. The molecule has 0 radical (unpaired) electrons. The molecule has 2 nitrogen and oxygen atoms in total. The molecule has 0 bridgehead atoms. The molecule has 1 N–H and O–H groups in total. The van der Waals surface area contributed by atoms with Crippen molar-refractivity contribution in [2.75, 3.05) is 5.32 Å². The lowest BCUT2D eigenvalue weighted by Crippen LogP contribution is -2.06. The first-order valence-corrected chi connectivity index (χ1v) is 6.75. The fraction of sp³-hybridized carbons (Fsp3) is 0.0625. The third kappa shape index (κ3) is 4.56. The lowest BCUT2D eigenvalue weighted by atomic mass is 10.1. The highest BCUT2D eigenvalue weighted by molar-refractivity contribution is 6.31. The van der Waals surface area contributed by atoms with Crippen molar-refractivity contribution in [3.8, 4) is 0 Å². The van der Waals surface area contributed by atoms with Crippen LogP contribution in [0.3, 0.4) is 0 Å². The summed E-state index contributed by atoms with van der Waals surface area (Å²) in [5.74, 6) is -0.882. The number of nitrogens with one attached hydrogen (secondary N) is 1. The zero-order valence-electron chi connectivity index (χ0n) is 11.5. The van der Waals surface area contributed by atoms with E-state index in [2.05, 4.69) is 5.32 Å². The summed E-state index contributed by atoms with van der Waals surface area (Å²) in [7, 11) is 0. The Morgan fingerprint density at radius 3 is 2.35 bits per heavy atom. The van der Waals surface area contributed by atoms with E-state index in [1.165, 1.54) is 24.4 Å². The van der Waals surface area contributed by atoms with Gasteiger partial charge in [0.15, 0.2) is 5.78 Å². The standard InChI is InChI=1S/C16H10ClF4NO/c17-14-6-5-12(9-13(14)16(19,20)21)22-8-7-15(23)10-1-3-11(18)4-2-10/h1-9,22H/b8-7+. The van der Waals surface area contributed by atoms with Crippen LogP contribution in [0.2, 0.25) is 5.02 Å². The summed E-state index contributed by atoms with van der Waals surface area (Å²) < 4.78 is 50.9. The van der Waals surface area contributed by atoms with Crippen LogP contribution in [-0.2, 0) is 6.18 Å². The van der Waals surface area contributed by atoms with Crippen LogP contribution in [0.5, 0.6) is 0 Å². The van der Waals surface area contributed by atoms with Crippen molar-refractivity contribution in [1.82, 2.24) is 0 Å². The van der Waals surface area contributed by atoms with Crippen LogP contribution in [0.15, 0.2) is 54.7 Å². The fourth-order valence-corrected chi connectivity index (χ4v) is 1.98. The van der Waals surface area contributed by atoms with Crippen LogP contribution in [0.1, 0.15) is 15.9 Å². The molecule has 7 heteroatoms. The molecule has 0 aromatic heterocycles. The Morgan fingerprint density at radius 1 is 1.09 bits per heavy atom. The zero-order chi connectivity index (χ0) is 17.0. The number of hydrogen-bond donors (Lipinski definition) is 1. The van der Waals surface area contributed by atoms with Crippen molar-refractivity contribution in [3.05, 3.63) is 76.7 Å². The fourth-order valence-electron chi connectivity index (χ4n) is 1.76. The van der Waals surface area contributed by atoms with Gasteiger partial charge in [0.25, 0.3) is 0 Å². The highest BCUT2D eigenvalue weighted by Crippen LogP contribution is 2.36. The van der Waals surface area contributed by atoms with Gasteiger partial charge < -0.3 is 5.32 Å². The number of carbonyl (C=O) groups is 1. The van der Waals surface area contributed by atoms with Gasteiger partial charge in [-0.05, 0) is 42.5 Å². The van der Waals surface area contributed by atoms with Gasteiger partial charge in [0.2, 0.25) is 0 Å². The molecule has 0 heterocycles. The molecule has 0 spiro atoms. The lowest BCUT2D eigenvalue weighted by Gasteiger charge is -2.10. The summed E-state index contributed by atoms with van der Waals surface area (Å²) >= 11 is 5.51. The Hall–Kier alpha value is -2.34. The molecular formula is C16H10ClF4NO. The summed E-state index contributed by atoms with van der Waals surface area (Å²) in [6, 6.07) is 8.21. The summed E-state index contributed by atoms with van der Waals surface area (Å²) in [5, 5.41) is 2.15. The maximum atomic E-state index is 12.7. The average molecular weight is 344 g/mol. The van der Waals surface area contributed by atoms with Crippen molar-refractivity contribution in [2.24, 2.45) is 0 Å². The molecule has 0 unspecified atom stereocenters. The van der Waals surface area contributed by atoms with E-state index in [1.54, 1.807) is 0 Å². The molecule has 2 rings (SSSR count). The van der Waals surface area contributed by atoms with Gasteiger partial charge in [-0.2, -0.15) is 13.2 Å². The molecule has 2 aromatic carbocycles. The summed E-state index contributed by atoms with van der Waals surface area (Å²) in [5.41, 5.74) is -0.580. The molecule has 0 amide bonds. The molecule has 0 saturated heterocycles. The van der Waals surface area contributed by atoms with Gasteiger partial charge in [-0.1, -0.05) is 11.6 Å². The monoisotopic (exact) mass is 343 g/mol. The van der Waals surface area contributed by atoms with E-state index < -0.39 is 28.4 Å². The molecule has 0 aliphatic rings. The number of hydrogen-bond acceptors (Lipinski definition) is 2. The van der Waals surface area contributed by atoms with Gasteiger partial charge in [0.1, 0.15) is 5.82 Å². The Labute approximate surface area is 134 Å². The molecule has 0 aliphatic heterocycles. The molecule has 0 aliphatic carbocycles. The molecule has 120 valence electrons. The van der Waals surface area contributed by atoms with E-state index >= 15 is 0 Å². The third-order valence-corrected chi connectivity index (χ3v) is 3.21. The Morgan fingerprint density at radius 2 is 1.74 bits per heavy atom. The third-order valence-electron chi connectivity index (χ3n) is 2.89. The molecule has 0 fully saturated rings. The number of carbonyl (C=O) groups excluding carboxylic acids is 1. The van der Waals surface area contributed by atoms with E-state index in [4.69, 9.17) is 11.6 Å². The van der Waals surface area contributed by atoms with Crippen LogP contribution < -0.4 is 5.32 Å². The largest absolute Gasteiger partial charge is 0.417 e. The number of rotatable bonds is 4. The second-order valence-corrected chi connectivity index (χ2v) is 4.95. The van der Waals surface area contributed by atoms with Gasteiger partial charge in [-0.15, -0.1) is 0 Å². The van der Waals surface area contributed by atoms with Crippen LogP contribution in [-0.4, -0.2) is 5.78 Å². The Balaban J connectivity index is 2.08. The molecule has 0 atom stereocenters. The molecular weight excluding hydrogens is 334 g/mol. The molecule has 0 saturated carbocycles. The number of benzene rings is 2. The minimum atomic E-state index is -4.57. The van der Waals surface area contributed by atoms with E-state index in [-0.39, 0.29) is 11.3 Å². The van der Waals surface area contributed by atoms with Gasteiger partial charge in [-0.3, -0.25) is 4.79 Å². The zero-order valence-corrected chi connectivity index (χ0v) is 12.3. The van der Waals surface area contributed by atoms with Crippen molar-refractivity contribution in [2.45, 2.75) is 6.18 Å². The first-order chi connectivity index (χ1) is 10.8. The molecule has 2 aromatic rings. The predicted molar refractivity (Wildman–Crippen MR) is 79.9 cm³/mol. The molecule has 23 heavy (non-hydrogen) atoms. The highest BCUT2D eigenvalue weighted by atomic mass is 35.5. The van der Waals surface area contributed by atoms with Crippen molar-refractivity contribution in [3.63, 3.8) is 0 Å². The predicted octanol–water partition coefficient (Wildman–Crippen LogP) is 5.31. The topological polar surface area (TPSA) is 29.1 Å². The number of halogens is 5. The van der Waals surface area contributed by atoms with Gasteiger partial charge in [0.05, 0.1) is 10.6 Å².